The summed E-state index contributed by atoms with van der Waals surface area (Å²) >= 11 is 0. The molecule has 0 aromatic rings. The van der Waals surface area contributed by atoms with Crippen LogP contribution in [0.1, 0.15) is 12.8 Å². The van der Waals surface area contributed by atoms with Crippen molar-refractivity contribution in [2.45, 2.75) is 24.7 Å². The number of piperidine rings is 1. The molecule has 1 aliphatic carbocycles. The molecule has 5 nitrogen and oxygen atoms in total. The van der Waals surface area contributed by atoms with Crippen molar-refractivity contribution >= 4 is 14.5 Å². The molecule has 140 valence electrons. The summed E-state index contributed by atoms with van der Waals surface area (Å²) in [7, 11) is 2.59. The third kappa shape index (κ3) is 3.25. The molecule has 4 aliphatic heterocycles. The first-order chi connectivity index (χ1) is 13.2. The standard InChI is InChI=1S/C21H25N4OP/c1-24-12-17-10-15(2-4-18(17)23-24)19-11-20(26)25-13-16(3-5-21(25)27-19)14-6-8-22-9-7-14/h2-5,10-14,18,21-23,27H,6-9H2,1H3. The smallest absolute Gasteiger partial charge is 0.252 e. The summed E-state index contributed by atoms with van der Waals surface area (Å²) in [4.78, 5) is 14.8. The number of nitrogens with zero attached hydrogens (tertiary/aromatic N) is 2. The SMILES string of the molecule is CN1C=C2C=C(C3=CC(=O)N4C=C(C5CCNCC5)C=CC4P3)C=CC2N1. The number of carbonyl (C=O) groups is 1. The summed E-state index contributed by atoms with van der Waals surface area (Å²) < 4.78 is 0. The van der Waals surface area contributed by atoms with Crippen LogP contribution in [0.3, 0.4) is 0 Å². The van der Waals surface area contributed by atoms with Crippen LogP contribution in [-0.2, 0) is 4.79 Å². The molecule has 1 fully saturated rings. The monoisotopic (exact) mass is 380 g/mol. The summed E-state index contributed by atoms with van der Waals surface area (Å²) in [5, 5.41) is 6.57. The van der Waals surface area contributed by atoms with Gasteiger partial charge in [-0.25, -0.2) is 5.43 Å². The molecule has 0 spiro atoms. The predicted molar refractivity (Wildman–Crippen MR) is 110 cm³/mol. The minimum absolute atomic E-state index is 0.108. The van der Waals surface area contributed by atoms with E-state index in [1.54, 1.807) is 0 Å². The molecule has 4 heterocycles. The van der Waals surface area contributed by atoms with Crippen LogP contribution in [0.25, 0.3) is 0 Å². The Balaban J connectivity index is 1.37. The molecule has 0 bridgehead atoms. The van der Waals surface area contributed by atoms with Crippen molar-refractivity contribution in [1.82, 2.24) is 20.7 Å². The zero-order valence-corrected chi connectivity index (χ0v) is 16.5. The zero-order valence-electron chi connectivity index (χ0n) is 15.5. The van der Waals surface area contributed by atoms with Gasteiger partial charge in [-0.05, 0) is 60.0 Å². The van der Waals surface area contributed by atoms with Crippen LogP contribution in [0.2, 0.25) is 0 Å². The van der Waals surface area contributed by atoms with E-state index in [1.165, 1.54) is 16.7 Å². The number of fused-ring (bicyclic) bond motifs is 2. The lowest BCUT2D eigenvalue weighted by Gasteiger charge is -2.36. The summed E-state index contributed by atoms with van der Waals surface area (Å²) in [5.74, 6) is 0.842. The van der Waals surface area contributed by atoms with E-state index >= 15 is 0 Å². The van der Waals surface area contributed by atoms with Crippen molar-refractivity contribution in [3.8, 4) is 0 Å². The average molecular weight is 380 g/mol. The van der Waals surface area contributed by atoms with Gasteiger partial charge in [0.25, 0.3) is 5.91 Å². The highest BCUT2D eigenvalue weighted by Gasteiger charge is 2.31. The quantitative estimate of drug-likeness (QED) is 0.722. The van der Waals surface area contributed by atoms with Gasteiger partial charge in [-0.1, -0.05) is 32.9 Å². The van der Waals surface area contributed by atoms with Crippen molar-refractivity contribution in [1.29, 1.82) is 0 Å². The van der Waals surface area contributed by atoms with Gasteiger partial charge in [0.1, 0.15) is 0 Å². The number of amides is 1. The van der Waals surface area contributed by atoms with Crippen LogP contribution in [0, 0.1) is 5.92 Å². The van der Waals surface area contributed by atoms with Crippen LogP contribution in [-0.4, -0.2) is 47.8 Å². The van der Waals surface area contributed by atoms with Crippen molar-refractivity contribution < 1.29 is 4.79 Å². The molecule has 5 rings (SSSR count). The Kier molecular flexibility index (Phi) is 4.39. The van der Waals surface area contributed by atoms with Gasteiger partial charge in [-0.2, -0.15) is 0 Å². The average Bonchev–Trinajstić information content (AvgIpc) is 3.07. The summed E-state index contributed by atoms with van der Waals surface area (Å²) in [5.41, 5.74) is 7.10. The van der Waals surface area contributed by atoms with E-state index < -0.39 is 0 Å². The Hall–Kier alpha value is -1.94. The van der Waals surface area contributed by atoms with E-state index in [2.05, 4.69) is 53.5 Å². The minimum Gasteiger partial charge on any atom is -0.318 e. The Morgan fingerprint density at radius 2 is 1.93 bits per heavy atom. The predicted octanol–water partition coefficient (Wildman–Crippen LogP) is 2.37. The number of allylic oxidation sites excluding steroid dienone is 5. The maximum atomic E-state index is 12.9. The van der Waals surface area contributed by atoms with E-state index in [4.69, 9.17) is 0 Å². The number of nitrogens with one attached hydrogen (secondary N) is 2. The van der Waals surface area contributed by atoms with Gasteiger partial charge in [0.2, 0.25) is 0 Å². The minimum atomic E-state index is 0.108. The lowest BCUT2D eigenvalue weighted by molar-refractivity contribution is -0.123. The molecular weight excluding hydrogens is 355 g/mol. The Labute approximate surface area is 162 Å². The first-order valence-corrected chi connectivity index (χ1v) is 10.8. The highest BCUT2D eigenvalue weighted by atomic mass is 31.1. The molecule has 0 aromatic heterocycles. The van der Waals surface area contributed by atoms with Crippen molar-refractivity contribution in [3.63, 3.8) is 0 Å². The van der Waals surface area contributed by atoms with Gasteiger partial charge in [-0.3, -0.25) is 4.79 Å². The third-order valence-electron chi connectivity index (χ3n) is 5.84. The van der Waals surface area contributed by atoms with Crippen LogP contribution >= 0.6 is 8.58 Å². The molecule has 5 aliphatic rings. The van der Waals surface area contributed by atoms with Crippen molar-refractivity contribution in [2.24, 2.45) is 5.92 Å². The highest BCUT2D eigenvalue weighted by molar-refractivity contribution is 7.44. The molecule has 3 atom stereocenters. The fourth-order valence-electron chi connectivity index (χ4n) is 4.37. The van der Waals surface area contributed by atoms with Crippen LogP contribution in [0.15, 0.2) is 70.9 Å². The third-order valence-corrected chi connectivity index (χ3v) is 7.35. The van der Waals surface area contributed by atoms with Crippen molar-refractivity contribution in [3.05, 3.63) is 70.9 Å². The van der Waals surface area contributed by atoms with Gasteiger partial charge in [0.05, 0.1) is 11.8 Å². The Bertz CT molecular complexity index is 844. The molecule has 0 saturated carbocycles. The van der Waals surface area contributed by atoms with Gasteiger partial charge in [-0.15, -0.1) is 0 Å². The maximum absolute atomic E-state index is 12.9. The molecule has 3 unspecified atom stereocenters. The first kappa shape index (κ1) is 17.2. The number of hydrazine groups is 1. The molecular formula is C21H25N4OP. The van der Waals surface area contributed by atoms with Crippen molar-refractivity contribution in [2.75, 3.05) is 20.1 Å². The lowest BCUT2D eigenvalue weighted by atomic mass is 9.89. The first-order valence-electron chi connectivity index (χ1n) is 9.69. The fraction of sp³-hybridized carbons (Fsp3) is 0.381. The highest BCUT2D eigenvalue weighted by Crippen LogP contribution is 2.45. The van der Waals surface area contributed by atoms with Gasteiger partial charge in [0.15, 0.2) is 0 Å². The molecule has 1 saturated heterocycles. The zero-order chi connectivity index (χ0) is 18.4. The van der Waals surface area contributed by atoms with E-state index in [0.717, 1.165) is 31.2 Å². The van der Waals surface area contributed by atoms with E-state index in [-0.39, 0.29) is 17.7 Å². The molecule has 0 aromatic carbocycles. The number of rotatable bonds is 2. The second-order valence-corrected chi connectivity index (χ2v) is 9.13. The number of carbonyl (C=O) groups excluding carboxylic acids is 1. The molecule has 0 radical (unpaired) electrons. The van der Waals surface area contributed by atoms with E-state index in [9.17, 15) is 4.79 Å². The maximum Gasteiger partial charge on any atom is 0.252 e. The summed E-state index contributed by atoms with van der Waals surface area (Å²) in [6.07, 6.45) is 19.4. The second-order valence-electron chi connectivity index (χ2n) is 7.71. The van der Waals surface area contributed by atoms with Crippen LogP contribution in [0.5, 0.6) is 0 Å². The summed E-state index contributed by atoms with van der Waals surface area (Å²) in [6.45, 7) is 2.14. The Morgan fingerprint density at radius 1 is 1.07 bits per heavy atom. The second kappa shape index (κ2) is 6.90. The number of hydrogen-bond donors (Lipinski definition) is 2. The van der Waals surface area contributed by atoms with E-state index in [0.29, 0.717) is 14.5 Å². The topological polar surface area (TPSA) is 47.6 Å². The molecule has 2 N–H and O–H groups in total. The van der Waals surface area contributed by atoms with Gasteiger partial charge >= 0.3 is 0 Å². The normalized spacial score (nSPS) is 31.4. The fourth-order valence-corrected chi connectivity index (χ4v) is 5.75. The van der Waals surface area contributed by atoms with Crippen LogP contribution < -0.4 is 10.7 Å². The van der Waals surface area contributed by atoms with Gasteiger partial charge in [0, 0.05) is 25.5 Å². The number of hydrogen-bond acceptors (Lipinski definition) is 4. The Morgan fingerprint density at radius 3 is 2.78 bits per heavy atom. The van der Waals surface area contributed by atoms with Crippen LogP contribution in [0.4, 0.5) is 0 Å². The molecule has 1 amide bonds. The molecule has 6 heteroatoms. The molecule has 27 heavy (non-hydrogen) atoms. The largest absolute Gasteiger partial charge is 0.318 e. The van der Waals surface area contributed by atoms with Gasteiger partial charge < -0.3 is 15.2 Å². The van der Waals surface area contributed by atoms with E-state index in [1.807, 2.05) is 23.0 Å². The lowest BCUT2D eigenvalue weighted by Crippen LogP contribution is -2.37. The summed E-state index contributed by atoms with van der Waals surface area (Å²) in [6, 6.07) is 0.253.